The average Bonchev–Trinajstić information content (AvgIpc) is 2.10. The van der Waals surface area contributed by atoms with Gasteiger partial charge in [-0.15, -0.1) is 5.92 Å². The maximum atomic E-state index is 5.19. The summed E-state index contributed by atoms with van der Waals surface area (Å²) < 4.78 is 5.19. The molecule has 0 aliphatic rings. The number of hydrogen-bond donors (Lipinski definition) is 0. The molecule has 0 N–H and O–H groups in total. The molecule has 0 aliphatic carbocycles. The molecule has 0 fully saturated rings. The van der Waals surface area contributed by atoms with Crippen LogP contribution in [0.1, 0.15) is 33.1 Å². The third-order valence-corrected chi connectivity index (χ3v) is 1.40. The van der Waals surface area contributed by atoms with Crippen molar-refractivity contribution < 1.29 is 4.74 Å². The second kappa shape index (κ2) is 10.3. The van der Waals surface area contributed by atoms with Gasteiger partial charge in [0.25, 0.3) is 0 Å². The lowest BCUT2D eigenvalue weighted by molar-refractivity contribution is 0.199. The molecule has 0 radical (unpaired) electrons. The number of rotatable bonds is 5. The summed E-state index contributed by atoms with van der Waals surface area (Å²) in [7, 11) is 0. The minimum Gasteiger partial charge on any atom is -0.365 e. The Balaban J connectivity index is 3.10. The number of ether oxygens (including phenoxy) is 1. The lowest BCUT2D eigenvalue weighted by Gasteiger charge is -1.91. The molecule has 0 aliphatic heterocycles. The van der Waals surface area contributed by atoms with E-state index in [0.717, 1.165) is 6.42 Å². The summed E-state index contributed by atoms with van der Waals surface area (Å²) in [5.74, 6) is 6.04. The van der Waals surface area contributed by atoms with Crippen LogP contribution in [0.2, 0.25) is 0 Å². The first-order chi connectivity index (χ1) is 5.91. The fourth-order valence-electron chi connectivity index (χ4n) is 0.679. The molecule has 0 amide bonds. The molecule has 0 heterocycles. The quantitative estimate of drug-likeness (QED) is 0.346. The zero-order valence-electron chi connectivity index (χ0n) is 8.10. The molecule has 0 saturated heterocycles. The summed E-state index contributed by atoms with van der Waals surface area (Å²) in [4.78, 5) is 0. The molecular weight excluding hydrogens is 148 g/mol. The van der Waals surface area contributed by atoms with Gasteiger partial charge in [-0.25, -0.2) is 0 Å². The van der Waals surface area contributed by atoms with E-state index in [1.165, 1.54) is 12.8 Å². The van der Waals surface area contributed by atoms with Crippen LogP contribution >= 0.6 is 0 Å². The maximum absolute atomic E-state index is 5.19. The summed E-state index contributed by atoms with van der Waals surface area (Å²) in [6.45, 7) is 5.40. The molecule has 0 aromatic rings. The van der Waals surface area contributed by atoms with Crippen LogP contribution in [-0.2, 0) is 4.74 Å². The molecule has 0 atom stereocenters. The minimum absolute atomic E-state index is 0.564. The van der Waals surface area contributed by atoms with E-state index in [-0.39, 0.29) is 0 Å². The van der Waals surface area contributed by atoms with Gasteiger partial charge in [0.2, 0.25) is 0 Å². The van der Waals surface area contributed by atoms with Gasteiger partial charge in [0.05, 0.1) is 6.61 Å². The van der Waals surface area contributed by atoms with Crippen molar-refractivity contribution in [2.75, 3.05) is 13.2 Å². The summed E-state index contributed by atoms with van der Waals surface area (Å²) in [5, 5.41) is 0. The number of hydrogen-bond acceptors (Lipinski definition) is 1. The van der Waals surface area contributed by atoms with Crippen molar-refractivity contribution in [2.45, 2.75) is 33.1 Å². The smallest absolute Gasteiger partial charge is 0.108 e. The lowest BCUT2D eigenvalue weighted by Crippen LogP contribution is -1.90. The van der Waals surface area contributed by atoms with E-state index in [1.807, 2.05) is 19.1 Å². The van der Waals surface area contributed by atoms with Gasteiger partial charge >= 0.3 is 0 Å². The largest absolute Gasteiger partial charge is 0.365 e. The topological polar surface area (TPSA) is 9.23 Å². The van der Waals surface area contributed by atoms with Gasteiger partial charge in [0, 0.05) is 6.42 Å². The summed E-state index contributed by atoms with van der Waals surface area (Å²) in [6.07, 6.45) is 7.37. The van der Waals surface area contributed by atoms with E-state index in [4.69, 9.17) is 4.74 Å². The fourth-order valence-corrected chi connectivity index (χ4v) is 0.679. The van der Waals surface area contributed by atoms with Crippen molar-refractivity contribution in [1.82, 2.24) is 0 Å². The Morgan fingerprint density at radius 1 is 1.33 bits per heavy atom. The van der Waals surface area contributed by atoms with Crippen LogP contribution in [-0.4, -0.2) is 13.2 Å². The normalized spacial score (nSPS) is 9.83. The van der Waals surface area contributed by atoms with Gasteiger partial charge in [-0.3, -0.25) is 0 Å². The summed E-state index contributed by atoms with van der Waals surface area (Å²) in [6, 6.07) is 0. The van der Waals surface area contributed by atoms with Crippen molar-refractivity contribution >= 4 is 0 Å². The first kappa shape index (κ1) is 11.3. The van der Waals surface area contributed by atoms with Gasteiger partial charge in [-0.05, 0) is 13.3 Å². The molecule has 0 saturated carbocycles. The van der Waals surface area contributed by atoms with E-state index in [9.17, 15) is 0 Å². The standard InChI is InChI=1S/C11H18O/c1-3-5-7-8-9-11-12-10-6-4-2/h4,6H,3,5,7,10-11H2,1-2H3/b6-4-. The van der Waals surface area contributed by atoms with Crippen molar-refractivity contribution in [3.8, 4) is 11.8 Å². The van der Waals surface area contributed by atoms with Crippen molar-refractivity contribution in [2.24, 2.45) is 0 Å². The van der Waals surface area contributed by atoms with E-state index in [2.05, 4.69) is 18.8 Å². The second-order valence-corrected chi connectivity index (χ2v) is 2.54. The molecule has 1 heteroatoms. The Labute approximate surface area is 75.8 Å². The van der Waals surface area contributed by atoms with Gasteiger partial charge in [0.15, 0.2) is 0 Å². The van der Waals surface area contributed by atoms with Gasteiger partial charge in [0.1, 0.15) is 6.61 Å². The first-order valence-electron chi connectivity index (χ1n) is 4.56. The molecule has 0 unspecified atom stereocenters. The molecule has 0 spiro atoms. The first-order valence-corrected chi connectivity index (χ1v) is 4.56. The fraction of sp³-hybridized carbons (Fsp3) is 0.636. The van der Waals surface area contributed by atoms with Crippen LogP contribution in [0.3, 0.4) is 0 Å². The monoisotopic (exact) mass is 166 g/mol. The molecule has 0 aromatic carbocycles. The highest BCUT2D eigenvalue weighted by Crippen LogP contribution is 1.90. The maximum Gasteiger partial charge on any atom is 0.108 e. The predicted molar refractivity (Wildman–Crippen MR) is 52.9 cm³/mol. The van der Waals surface area contributed by atoms with Crippen molar-refractivity contribution in [3.05, 3.63) is 12.2 Å². The molecule has 0 bridgehead atoms. The Kier molecular flexibility index (Phi) is 9.63. The Hall–Kier alpha value is -0.740. The molecule has 68 valence electrons. The van der Waals surface area contributed by atoms with Crippen LogP contribution < -0.4 is 0 Å². The Morgan fingerprint density at radius 2 is 2.17 bits per heavy atom. The highest BCUT2D eigenvalue weighted by molar-refractivity contribution is 4.98. The van der Waals surface area contributed by atoms with Gasteiger partial charge in [-0.2, -0.15) is 0 Å². The lowest BCUT2D eigenvalue weighted by atomic mass is 10.2. The third-order valence-electron chi connectivity index (χ3n) is 1.40. The third kappa shape index (κ3) is 9.26. The summed E-state index contributed by atoms with van der Waals surface area (Å²) in [5.41, 5.74) is 0. The SMILES string of the molecule is C/C=C\COCC#CCCCC. The summed E-state index contributed by atoms with van der Waals surface area (Å²) >= 11 is 0. The van der Waals surface area contributed by atoms with E-state index >= 15 is 0 Å². The van der Waals surface area contributed by atoms with E-state index in [1.54, 1.807) is 0 Å². The Morgan fingerprint density at radius 3 is 2.83 bits per heavy atom. The minimum atomic E-state index is 0.564. The van der Waals surface area contributed by atoms with Crippen LogP contribution in [0.15, 0.2) is 12.2 Å². The zero-order valence-corrected chi connectivity index (χ0v) is 8.10. The molecule has 1 nitrogen and oxygen atoms in total. The highest BCUT2D eigenvalue weighted by Gasteiger charge is 1.77. The van der Waals surface area contributed by atoms with E-state index < -0.39 is 0 Å². The number of allylic oxidation sites excluding steroid dienone is 1. The van der Waals surface area contributed by atoms with Crippen LogP contribution in [0, 0.1) is 11.8 Å². The molecule has 12 heavy (non-hydrogen) atoms. The van der Waals surface area contributed by atoms with Gasteiger partial charge < -0.3 is 4.74 Å². The van der Waals surface area contributed by atoms with Crippen LogP contribution in [0.5, 0.6) is 0 Å². The van der Waals surface area contributed by atoms with Crippen LogP contribution in [0.4, 0.5) is 0 Å². The zero-order chi connectivity index (χ0) is 9.07. The molecular formula is C11H18O. The highest BCUT2D eigenvalue weighted by atomic mass is 16.5. The Bertz CT molecular complexity index is 160. The number of unbranched alkanes of at least 4 members (excludes halogenated alkanes) is 2. The van der Waals surface area contributed by atoms with E-state index in [0.29, 0.717) is 13.2 Å². The molecule has 0 rings (SSSR count). The second-order valence-electron chi connectivity index (χ2n) is 2.54. The van der Waals surface area contributed by atoms with Crippen molar-refractivity contribution in [1.29, 1.82) is 0 Å². The average molecular weight is 166 g/mol. The molecule has 0 aromatic heterocycles. The van der Waals surface area contributed by atoms with Crippen molar-refractivity contribution in [3.63, 3.8) is 0 Å². The van der Waals surface area contributed by atoms with Crippen LogP contribution in [0.25, 0.3) is 0 Å². The predicted octanol–water partition coefficient (Wildman–Crippen LogP) is 2.77. The van der Waals surface area contributed by atoms with Gasteiger partial charge in [-0.1, -0.05) is 31.4 Å².